The van der Waals surface area contributed by atoms with Crippen LogP contribution in [0.5, 0.6) is 0 Å². The number of amides is 1. The van der Waals surface area contributed by atoms with Gasteiger partial charge in [-0.05, 0) is 48.8 Å². The molecule has 3 nitrogen and oxygen atoms in total. The van der Waals surface area contributed by atoms with Gasteiger partial charge in [0.05, 0.1) is 5.69 Å². The van der Waals surface area contributed by atoms with Crippen molar-refractivity contribution in [2.45, 2.75) is 32.2 Å². The molecular weight excluding hydrogens is 243 g/mol. The normalized spacial score (nSPS) is 28.6. The van der Waals surface area contributed by atoms with Gasteiger partial charge in [-0.3, -0.25) is 4.79 Å². The van der Waals surface area contributed by atoms with E-state index in [2.05, 4.69) is 5.32 Å². The third kappa shape index (κ3) is 2.37. The van der Waals surface area contributed by atoms with Crippen LogP contribution in [-0.4, -0.2) is 5.91 Å². The number of fused-ring (bicyclic) bond motifs is 2. The number of anilines is 1. The van der Waals surface area contributed by atoms with Crippen molar-refractivity contribution >= 4 is 11.6 Å². The van der Waals surface area contributed by atoms with E-state index in [1.807, 2.05) is 0 Å². The molecule has 0 aliphatic heterocycles. The summed E-state index contributed by atoms with van der Waals surface area (Å²) in [7, 11) is 0. The molecule has 1 aromatic rings. The van der Waals surface area contributed by atoms with E-state index in [0.717, 1.165) is 18.4 Å². The van der Waals surface area contributed by atoms with Crippen molar-refractivity contribution in [3.63, 3.8) is 0 Å². The maximum absolute atomic E-state index is 13.8. The van der Waals surface area contributed by atoms with E-state index >= 15 is 0 Å². The number of halogens is 1. The van der Waals surface area contributed by atoms with Gasteiger partial charge in [0.1, 0.15) is 5.82 Å². The van der Waals surface area contributed by atoms with Crippen LogP contribution in [0.15, 0.2) is 18.2 Å². The van der Waals surface area contributed by atoms with Crippen LogP contribution in [-0.2, 0) is 11.3 Å². The topological polar surface area (TPSA) is 55.1 Å². The fourth-order valence-electron chi connectivity index (χ4n) is 3.58. The minimum atomic E-state index is -0.403. The third-order valence-electron chi connectivity index (χ3n) is 4.60. The molecular formula is C15H19FN2O. The summed E-state index contributed by atoms with van der Waals surface area (Å²) >= 11 is 0. The highest BCUT2D eigenvalue weighted by Gasteiger charge is 2.43. The average molecular weight is 262 g/mol. The number of nitrogens with two attached hydrogens (primary N) is 1. The van der Waals surface area contributed by atoms with Crippen LogP contribution in [0.4, 0.5) is 10.1 Å². The molecule has 1 amide bonds. The molecule has 0 radical (unpaired) electrons. The van der Waals surface area contributed by atoms with Crippen LogP contribution < -0.4 is 11.1 Å². The van der Waals surface area contributed by atoms with Crippen LogP contribution in [0.25, 0.3) is 0 Å². The van der Waals surface area contributed by atoms with Gasteiger partial charge in [0, 0.05) is 12.5 Å². The smallest absolute Gasteiger partial charge is 0.227 e. The predicted octanol–water partition coefficient (Wildman–Crippen LogP) is 2.66. The molecule has 3 atom stereocenters. The second-order valence-corrected chi connectivity index (χ2v) is 5.79. The molecule has 0 saturated heterocycles. The summed E-state index contributed by atoms with van der Waals surface area (Å²) < 4.78 is 13.8. The Bertz CT molecular complexity index is 503. The van der Waals surface area contributed by atoms with Gasteiger partial charge in [0.2, 0.25) is 5.91 Å². The van der Waals surface area contributed by atoms with E-state index in [4.69, 9.17) is 5.73 Å². The Labute approximate surface area is 112 Å². The largest absolute Gasteiger partial charge is 0.326 e. The molecule has 2 fully saturated rings. The predicted molar refractivity (Wildman–Crippen MR) is 71.9 cm³/mol. The summed E-state index contributed by atoms with van der Waals surface area (Å²) in [6, 6.07) is 4.73. The first-order chi connectivity index (χ1) is 9.17. The molecule has 1 aromatic carbocycles. The lowest BCUT2D eigenvalue weighted by molar-refractivity contribution is -0.121. The van der Waals surface area contributed by atoms with Crippen LogP contribution in [0.2, 0.25) is 0 Å². The molecule has 4 heteroatoms. The summed E-state index contributed by atoms with van der Waals surface area (Å²) in [5.74, 6) is 0.875. The first-order valence-electron chi connectivity index (χ1n) is 6.96. The molecule has 2 saturated carbocycles. The van der Waals surface area contributed by atoms with Gasteiger partial charge >= 0.3 is 0 Å². The highest BCUT2D eigenvalue weighted by molar-refractivity contribution is 5.93. The number of rotatable bonds is 3. The Morgan fingerprint density at radius 3 is 2.79 bits per heavy atom. The number of carbonyl (C=O) groups is 1. The average Bonchev–Trinajstić information content (AvgIpc) is 3.03. The van der Waals surface area contributed by atoms with Crippen LogP contribution in [0, 0.1) is 23.6 Å². The zero-order valence-electron chi connectivity index (χ0n) is 10.9. The van der Waals surface area contributed by atoms with Crippen LogP contribution in [0.1, 0.15) is 31.2 Å². The summed E-state index contributed by atoms with van der Waals surface area (Å²) in [6.07, 6.45) is 4.55. The van der Waals surface area contributed by atoms with Gasteiger partial charge in [0.25, 0.3) is 0 Å². The fraction of sp³-hybridized carbons (Fsp3) is 0.533. The lowest BCUT2D eigenvalue weighted by Gasteiger charge is -2.21. The van der Waals surface area contributed by atoms with Crippen molar-refractivity contribution in [2.75, 3.05) is 5.32 Å². The summed E-state index contributed by atoms with van der Waals surface area (Å²) in [5, 5.41) is 2.73. The number of hydrogen-bond donors (Lipinski definition) is 2. The van der Waals surface area contributed by atoms with E-state index in [1.165, 1.54) is 18.9 Å². The summed E-state index contributed by atoms with van der Waals surface area (Å²) in [6.45, 7) is 0.303. The Hall–Kier alpha value is -1.42. The Kier molecular flexibility index (Phi) is 3.27. The highest BCUT2D eigenvalue weighted by Crippen LogP contribution is 2.48. The van der Waals surface area contributed by atoms with Gasteiger partial charge in [-0.1, -0.05) is 12.5 Å². The minimum absolute atomic E-state index is 0.0217. The Balaban J connectivity index is 1.69. The molecule has 2 aliphatic rings. The maximum atomic E-state index is 13.8. The molecule has 2 bridgehead atoms. The SMILES string of the molecule is NCc1ccc(NC(=O)C2CC3CCC2C3)c(F)c1. The second-order valence-electron chi connectivity index (χ2n) is 5.79. The molecule has 0 spiro atoms. The molecule has 19 heavy (non-hydrogen) atoms. The quantitative estimate of drug-likeness (QED) is 0.880. The van der Waals surface area contributed by atoms with E-state index in [-0.39, 0.29) is 17.5 Å². The zero-order chi connectivity index (χ0) is 13.4. The van der Waals surface area contributed by atoms with E-state index in [1.54, 1.807) is 12.1 Å². The van der Waals surface area contributed by atoms with E-state index in [9.17, 15) is 9.18 Å². The molecule has 3 rings (SSSR count). The molecule has 3 unspecified atom stereocenters. The van der Waals surface area contributed by atoms with Crippen molar-refractivity contribution in [2.24, 2.45) is 23.5 Å². The lowest BCUT2D eigenvalue weighted by Crippen LogP contribution is -2.27. The van der Waals surface area contributed by atoms with Crippen molar-refractivity contribution in [1.29, 1.82) is 0 Å². The molecule has 3 N–H and O–H groups in total. The first kappa shape index (κ1) is 12.6. The Morgan fingerprint density at radius 1 is 1.37 bits per heavy atom. The second kappa shape index (κ2) is 4.93. The fourth-order valence-corrected chi connectivity index (χ4v) is 3.58. The van der Waals surface area contributed by atoms with E-state index in [0.29, 0.717) is 18.4 Å². The van der Waals surface area contributed by atoms with E-state index < -0.39 is 5.82 Å². The van der Waals surface area contributed by atoms with Gasteiger partial charge in [-0.2, -0.15) is 0 Å². The molecule has 0 heterocycles. The standard InChI is InChI=1S/C15H19FN2O/c16-13-7-10(8-17)2-4-14(13)18-15(19)12-6-9-1-3-11(12)5-9/h2,4,7,9,11-12H,1,3,5-6,8,17H2,(H,18,19). The molecule has 0 aromatic heterocycles. The van der Waals surface area contributed by atoms with Gasteiger partial charge in [-0.25, -0.2) is 4.39 Å². The van der Waals surface area contributed by atoms with Gasteiger partial charge < -0.3 is 11.1 Å². The highest BCUT2D eigenvalue weighted by atomic mass is 19.1. The minimum Gasteiger partial charge on any atom is -0.326 e. The third-order valence-corrected chi connectivity index (χ3v) is 4.60. The number of nitrogens with one attached hydrogen (secondary N) is 1. The van der Waals surface area contributed by atoms with Crippen LogP contribution >= 0.6 is 0 Å². The Morgan fingerprint density at radius 2 is 2.21 bits per heavy atom. The molecule has 2 aliphatic carbocycles. The van der Waals surface area contributed by atoms with Crippen molar-refractivity contribution in [3.05, 3.63) is 29.6 Å². The summed E-state index contributed by atoms with van der Waals surface area (Å²) in [5.41, 5.74) is 6.46. The first-order valence-corrected chi connectivity index (χ1v) is 6.96. The lowest BCUT2D eigenvalue weighted by atomic mass is 9.88. The number of benzene rings is 1. The zero-order valence-corrected chi connectivity index (χ0v) is 10.9. The summed E-state index contributed by atoms with van der Waals surface area (Å²) in [4.78, 5) is 12.2. The monoisotopic (exact) mass is 262 g/mol. The maximum Gasteiger partial charge on any atom is 0.227 e. The van der Waals surface area contributed by atoms with Gasteiger partial charge in [-0.15, -0.1) is 0 Å². The van der Waals surface area contributed by atoms with Crippen molar-refractivity contribution in [3.8, 4) is 0 Å². The molecule has 102 valence electrons. The van der Waals surface area contributed by atoms with Gasteiger partial charge in [0.15, 0.2) is 0 Å². The van der Waals surface area contributed by atoms with Crippen LogP contribution in [0.3, 0.4) is 0 Å². The number of hydrogen-bond acceptors (Lipinski definition) is 2. The van der Waals surface area contributed by atoms with Crippen molar-refractivity contribution in [1.82, 2.24) is 0 Å². The van der Waals surface area contributed by atoms with Crippen molar-refractivity contribution < 1.29 is 9.18 Å². The number of carbonyl (C=O) groups excluding carboxylic acids is 1.